The number of morpholine rings is 1. The van der Waals surface area contributed by atoms with Crippen LogP contribution in [0, 0.1) is 0 Å². The number of amides is 1. The van der Waals surface area contributed by atoms with Crippen molar-refractivity contribution in [3.8, 4) is 5.75 Å². The number of phenolic OH excluding ortho intramolecular Hbond substituents is 1. The average molecular weight is 519 g/mol. The van der Waals surface area contributed by atoms with Gasteiger partial charge in [0.05, 0.1) is 48.0 Å². The van der Waals surface area contributed by atoms with E-state index in [0.717, 1.165) is 5.56 Å². The topological polar surface area (TPSA) is 100 Å². The van der Waals surface area contributed by atoms with Crippen molar-refractivity contribution in [2.45, 2.75) is 18.8 Å². The number of carbonyl (C=O) groups excluding carboxylic acids is 1. The van der Waals surface area contributed by atoms with Crippen molar-refractivity contribution >= 4 is 39.8 Å². The highest BCUT2D eigenvalue weighted by molar-refractivity contribution is 8.18. The lowest BCUT2D eigenvalue weighted by Gasteiger charge is -2.32. The van der Waals surface area contributed by atoms with Crippen molar-refractivity contribution in [1.82, 2.24) is 14.7 Å². The number of nitrogens with zero attached hydrogens (tertiary/aromatic N) is 4. The van der Waals surface area contributed by atoms with Crippen LogP contribution in [0.2, 0.25) is 0 Å². The molecule has 2 aliphatic heterocycles. The Balaban J connectivity index is 1.35. The van der Waals surface area contributed by atoms with Gasteiger partial charge in [-0.25, -0.2) is 0 Å². The number of aromatic hydroxyl groups is 1. The smallest absolute Gasteiger partial charge is 0.416 e. The molecule has 2 N–H and O–H groups in total. The zero-order valence-corrected chi connectivity index (χ0v) is 19.6. The number of aliphatic hydroxyl groups is 1. The second-order valence-corrected chi connectivity index (χ2v) is 9.40. The van der Waals surface area contributed by atoms with Gasteiger partial charge in [0.25, 0.3) is 5.91 Å². The lowest BCUT2D eigenvalue weighted by molar-refractivity contribution is -0.138. The minimum Gasteiger partial charge on any atom is -0.508 e. The van der Waals surface area contributed by atoms with Crippen molar-refractivity contribution in [3.63, 3.8) is 0 Å². The number of rotatable bonds is 4. The second kappa shape index (κ2) is 9.60. The summed E-state index contributed by atoms with van der Waals surface area (Å²) in [5, 5.41) is 24.3. The summed E-state index contributed by atoms with van der Waals surface area (Å²) in [6.07, 6.45) is -1.66. The molecule has 0 bridgehead atoms. The summed E-state index contributed by atoms with van der Waals surface area (Å²) in [5.41, 5.74) is 0.431. The van der Waals surface area contributed by atoms with Gasteiger partial charge in [-0.2, -0.15) is 23.3 Å². The van der Waals surface area contributed by atoms with Crippen LogP contribution in [0.15, 0.2) is 52.5 Å². The van der Waals surface area contributed by atoms with Crippen LogP contribution in [0.4, 0.5) is 13.2 Å². The maximum atomic E-state index is 13.4. The Morgan fingerprint density at radius 3 is 2.83 bits per heavy atom. The number of hydrogen-bond acceptors (Lipinski definition) is 7. The van der Waals surface area contributed by atoms with Crippen molar-refractivity contribution in [3.05, 3.63) is 64.2 Å². The standard InChI is InChI=1S/C24H21F3N4O4S/c25-24(26,27)19-9-17(33)3-2-15(19)11-31-20-4-1-14(7-16(20)10-28-31)8-21-22(34)29-23(36-21)30-5-6-35-18(12-30)13-32/h1-4,7-10,18,32-33H,5-6,11-13H2/b21-8-/t18-/m0/s1. The van der Waals surface area contributed by atoms with E-state index in [4.69, 9.17) is 4.74 Å². The molecule has 1 fully saturated rings. The molecule has 2 aliphatic rings. The highest BCUT2D eigenvalue weighted by Gasteiger charge is 2.34. The van der Waals surface area contributed by atoms with Crippen molar-refractivity contribution in [2.75, 3.05) is 26.3 Å². The molecule has 8 nitrogen and oxygen atoms in total. The summed E-state index contributed by atoms with van der Waals surface area (Å²) in [4.78, 5) is 19.0. The highest BCUT2D eigenvalue weighted by Crippen LogP contribution is 2.35. The first kappa shape index (κ1) is 24.3. The van der Waals surface area contributed by atoms with Crippen LogP contribution in [-0.2, 0) is 22.3 Å². The van der Waals surface area contributed by atoms with Gasteiger partial charge in [-0.05, 0) is 53.2 Å². The summed E-state index contributed by atoms with van der Waals surface area (Å²) in [7, 11) is 0. The fraction of sp³-hybridized carbons (Fsp3) is 0.292. The van der Waals surface area contributed by atoms with Crippen LogP contribution in [0.1, 0.15) is 16.7 Å². The Kier molecular flexibility index (Phi) is 6.49. The zero-order chi connectivity index (χ0) is 25.4. The average Bonchev–Trinajstić information content (AvgIpc) is 3.42. The fourth-order valence-corrected chi connectivity index (χ4v) is 5.09. The quantitative estimate of drug-likeness (QED) is 0.510. The lowest BCUT2D eigenvalue weighted by Crippen LogP contribution is -2.45. The lowest BCUT2D eigenvalue weighted by atomic mass is 10.1. The van der Waals surface area contributed by atoms with E-state index in [1.165, 1.54) is 28.6 Å². The second-order valence-electron chi connectivity index (χ2n) is 8.39. The molecular formula is C24H21F3N4O4S. The van der Waals surface area contributed by atoms with Crippen LogP contribution >= 0.6 is 11.8 Å². The van der Waals surface area contributed by atoms with Crippen LogP contribution in [0.3, 0.4) is 0 Å². The van der Waals surface area contributed by atoms with E-state index in [0.29, 0.717) is 46.7 Å². The summed E-state index contributed by atoms with van der Waals surface area (Å²) >= 11 is 1.25. The van der Waals surface area contributed by atoms with Crippen LogP contribution in [-0.4, -0.2) is 68.4 Å². The minimum atomic E-state index is -4.61. The fourth-order valence-electron chi connectivity index (χ4n) is 4.14. The Labute approximate surface area is 207 Å². The summed E-state index contributed by atoms with van der Waals surface area (Å²) in [6, 6.07) is 8.46. The number of aromatic nitrogens is 2. The third-order valence-corrected chi connectivity index (χ3v) is 6.95. The molecule has 0 saturated carbocycles. The Morgan fingerprint density at radius 2 is 2.06 bits per heavy atom. The van der Waals surface area contributed by atoms with Gasteiger partial charge in [-0.3, -0.25) is 9.48 Å². The van der Waals surface area contributed by atoms with Crippen LogP contribution < -0.4 is 0 Å². The molecule has 188 valence electrons. The minimum absolute atomic E-state index is 0.0133. The van der Waals surface area contributed by atoms with Crippen molar-refractivity contribution in [2.24, 2.45) is 4.99 Å². The van der Waals surface area contributed by atoms with E-state index in [-0.39, 0.29) is 30.7 Å². The third kappa shape index (κ3) is 4.97. The van der Waals surface area contributed by atoms with Gasteiger partial charge in [0.2, 0.25) is 0 Å². The summed E-state index contributed by atoms with van der Waals surface area (Å²) in [5.74, 6) is -0.813. The molecule has 1 aromatic heterocycles. The Bertz CT molecular complexity index is 1390. The first-order valence-electron chi connectivity index (χ1n) is 11.1. The number of aliphatic hydroxyl groups excluding tert-OH is 1. The molecule has 1 atom stereocenters. The summed E-state index contributed by atoms with van der Waals surface area (Å²) in [6.45, 7) is 1.23. The number of aliphatic imine (C=N–C) groups is 1. The van der Waals surface area contributed by atoms with E-state index < -0.39 is 17.5 Å². The van der Waals surface area contributed by atoms with E-state index in [1.807, 2.05) is 4.90 Å². The van der Waals surface area contributed by atoms with Gasteiger partial charge in [-0.1, -0.05) is 12.1 Å². The largest absolute Gasteiger partial charge is 0.508 e. The van der Waals surface area contributed by atoms with Crippen LogP contribution in [0.25, 0.3) is 17.0 Å². The number of thioether (sulfide) groups is 1. The number of ether oxygens (including phenoxy) is 1. The molecular weight excluding hydrogens is 497 g/mol. The maximum Gasteiger partial charge on any atom is 0.416 e. The van der Waals surface area contributed by atoms with Gasteiger partial charge in [0.1, 0.15) is 5.75 Å². The Hall–Kier alpha value is -3.35. The third-order valence-electron chi connectivity index (χ3n) is 5.90. The zero-order valence-electron chi connectivity index (χ0n) is 18.8. The molecule has 3 aromatic rings. The molecule has 0 aliphatic carbocycles. The molecule has 1 saturated heterocycles. The van der Waals surface area contributed by atoms with E-state index >= 15 is 0 Å². The van der Waals surface area contributed by atoms with E-state index in [2.05, 4.69) is 10.1 Å². The van der Waals surface area contributed by atoms with E-state index in [1.54, 1.807) is 30.5 Å². The molecule has 1 amide bonds. The predicted molar refractivity (Wildman–Crippen MR) is 128 cm³/mol. The SMILES string of the molecule is O=C1N=C(N2CCO[C@H](CO)C2)S/C1=C\c1ccc2c(cnn2Cc2ccc(O)cc2C(F)(F)F)c1. The molecule has 0 spiro atoms. The van der Waals surface area contributed by atoms with Crippen molar-refractivity contribution < 1.29 is 32.9 Å². The molecule has 2 aromatic carbocycles. The summed E-state index contributed by atoms with van der Waals surface area (Å²) < 4.78 is 47.2. The maximum absolute atomic E-state index is 13.4. The number of hydrogen-bond donors (Lipinski definition) is 2. The molecule has 0 radical (unpaired) electrons. The highest BCUT2D eigenvalue weighted by atomic mass is 32.2. The number of phenols is 1. The number of benzene rings is 2. The van der Waals surface area contributed by atoms with Gasteiger partial charge >= 0.3 is 6.18 Å². The number of fused-ring (bicyclic) bond motifs is 1. The van der Waals surface area contributed by atoms with Crippen molar-refractivity contribution in [1.29, 1.82) is 0 Å². The van der Waals surface area contributed by atoms with Gasteiger partial charge in [0.15, 0.2) is 5.17 Å². The molecule has 12 heteroatoms. The number of alkyl halides is 3. The van der Waals surface area contributed by atoms with E-state index in [9.17, 15) is 28.2 Å². The molecule has 3 heterocycles. The van der Waals surface area contributed by atoms with Gasteiger partial charge in [0, 0.05) is 18.5 Å². The number of amidine groups is 1. The number of carbonyl (C=O) groups is 1. The molecule has 36 heavy (non-hydrogen) atoms. The normalized spacial score (nSPS) is 19.9. The number of halogens is 3. The monoisotopic (exact) mass is 518 g/mol. The van der Waals surface area contributed by atoms with Gasteiger partial charge in [-0.15, -0.1) is 0 Å². The Morgan fingerprint density at radius 1 is 1.22 bits per heavy atom. The molecule has 5 rings (SSSR count). The predicted octanol–water partition coefficient (Wildman–Crippen LogP) is 3.47. The first-order chi connectivity index (χ1) is 17.2. The molecule has 0 unspecified atom stereocenters. The van der Waals surface area contributed by atoms with Gasteiger partial charge < -0.3 is 19.8 Å². The first-order valence-corrected chi connectivity index (χ1v) is 11.9. The van der Waals surface area contributed by atoms with Crippen LogP contribution in [0.5, 0.6) is 5.75 Å².